The molecular weight excluding hydrogens is 540 g/mol. The Bertz CT molecular complexity index is 1240. The average Bonchev–Trinajstić information content (AvgIpc) is 3.05. The van der Waals surface area contributed by atoms with Crippen molar-refractivity contribution in [1.29, 1.82) is 0 Å². The minimum absolute atomic E-state index is 0.562. The highest BCUT2D eigenvalue weighted by Gasteiger charge is 2.16. The number of hydrogen-bond donors (Lipinski definition) is 0. The Kier molecular flexibility index (Phi) is 12.1. The van der Waals surface area contributed by atoms with Crippen molar-refractivity contribution in [3.05, 3.63) is 89.5 Å². The summed E-state index contributed by atoms with van der Waals surface area (Å²) in [4.78, 5) is 9.72. The molecule has 232 valence electrons. The topological polar surface area (TPSA) is 49.9 Å². The molecule has 0 spiro atoms. The van der Waals surface area contributed by atoms with Gasteiger partial charge in [0, 0.05) is 70.3 Å². The van der Waals surface area contributed by atoms with Crippen molar-refractivity contribution in [3.8, 4) is 5.75 Å². The van der Waals surface area contributed by atoms with Crippen LogP contribution in [-0.4, -0.2) is 103 Å². The molecule has 0 radical (unpaired) electrons. The van der Waals surface area contributed by atoms with Crippen LogP contribution in [0, 0.1) is 0 Å². The van der Waals surface area contributed by atoms with E-state index in [4.69, 9.17) is 18.9 Å². The summed E-state index contributed by atoms with van der Waals surface area (Å²) < 4.78 is 22.7. The first-order valence-electron chi connectivity index (χ1n) is 15.6. The lowest BCUT2D eigenvalue weighted by atomic mass is 10.1. The highest BCUT2D eigenvalue weighted by atomic mass is 16.5. The van der Waals surface area contributed by atoms with Gasteiger partial charge in [0.15, 0.2) is 0 Å². The van der Waals surface area contributed by atoms with E-state index in [1.807, 2.05) is 6.07 Å². The smallest absolute Gasteiger partial charge is 0.119 e. The summed E-state index contributed by atoms with van der Waals surface area (Å²) in [6, 6.07) is 26.1. The van der Waals surface area contributed by atoms with Gasteiger partial charge in [-0.2, -0.15) is 0 Å². The fourth-order valence-corrected chi connectivity index (χ4v) is 5.64. The molecule has 8 heteroatoms. The minimum Gasteiger partial charge on any atom is -0.497 e. The maximum absolute atomic E-state index is 6.00. The van der Waals surface area contributed by atoms with Crippen molar-refractivity contribution in [1.82, 2.24) is 9.80 Å². The maximum Gasteiger partial charge on any atom is 0.119 e. The number of morpholine rings is 1. The molecule has 2 fully saturated rings. The number of rotatable bonds is 15. The molecule has 0 saturated carbocycles. The molecule has 5 rings (SSSR count). The summed E-state index contributed by atoms with van der Waals surface area (Å²) in [5.74, 6) is 0.879. The molecule has 0 amide bonds. The molecule has 0 atom stereocenters. The van der Waals surface area contributed by atoms with Gasteiger partial charge in [0.1, 0.15) is 5.75 Å². The molecule has 2 aliphatic rings. The van der Waals surface area contributed by atoms with E-state index in [2.05, 4.69) is 93.4 Å². The van der Waals surface area contributed by atoms with Crippen molar-refractivity contribution < 1.29 is 18.9 Å². The summed E-state index contributed by atoms with van der Waals surface area (Å²) >= 11 is 0. The van der Waals surface area contributed by atoms with E-state index in [1.165, 1.54) is 22.5 Å². The van der Waals surface area contributed by atoms with E-state index in [0.29, 0.717) is 19.8 Å². The standard InChI is InChI=1S/C35H48N4O4/c1-36-12-14-38(15-13-36)33-9-3-6-30(24-33)27-39(28-31-7-5-11-35(26-31)40-2)34-10-4-8-32(25-34)29-43-23-22-42-21-18-37-16-19-41-20-17-37/h3-11,24-26H,12-23,27-29H2,1-2H3. The number of piperazine rings is 1. The van der Waals surface area contributed by atoms with Gasteiger partial charge in [-0.1, -0.05) is 36.4 Å². The number of nitrogens with zero attached hydrogens (tertiary/aromatic N) is 4. The van der Waals surface area contributed by atoms with Gasteiger partial charge < -0.3 is 33.6 Å². The summed E-state index contributed by atoms with van der Waals surface area (Å²) in [6.45, 7) is 13.0. The summed E-state index contributed by atoms with van der Waals surface area (Å²) in [5.41, 5.74) is 6.16. The predicted molar refractivity (Wildman–Crippen MR) is 173 cm³/mol. The summed E-state index contributed by atoms with van der Waals surface area (Å²) in [5, 5.41) is 0. The first kappa shape index (κ1) is 31.3. The monoisotopic (exact) mass is 588 g/mol. The van der Waals surface area contributed by atoms with Crippen LogP contribution in [0.25, 0.3) is 0 Å². The van der Waals surface area contributed by atoms with Crippen LogP contribution >= 0.6 is 0 Å². The Balaban J connectivity index is 1.20. The predicted octanol–water partition coefficient (Wildman–Crippen LogP) is 4.52. The van der Waals surface area contributed by atoms with Gasteiger partial charge in [0.2, 0.25) is 0 Å². The fourth-order valence-electron chi connectivity index (χ4n) is 5.64. The van der Waals surface area contributed by atoms with Gasteiger partial charge in [-0.3, -0.25) is 4.90 Å². The Morgan fingerprint density at radius 1 is 0.721 bits per heavy atom. The van der Waals surface area contributed by atoms with Gasteiger partial charge in [0.25, 0.3) is 0 Å². The van der Waals surface area contributed by atoms with Crippen molar-refractivity contribution >= 4 is 11.4 Å². The van der Waals surface area contributed by atoms with Crippen molar-refractivity contribution in [2.75, 3.05) is 103 Å². The molecule has 0 aromatic heterocycles. The van der Waals surface area contributed by atoms with Crippen LogP contribution in [0.15, 0.2) is 72.8 Å². The lowest BCUT2D eigenvalue weighted by Crippen LogP contribution is -2.44. The Morgan fingerprint density at radius 2 is 1.42 bits per heavy atom. The number of benzene rings is 3. The third kappa shape index (κ3) is 9.95. The Labute approximate surface area is 257 Å². The second-order valence-corrected chi connectivity index (χ2v) is 11.5. The van der Waals surface area contributed by atoms with Crippen molar-refractivity contribution in [2.45, 2.75) is 19.7 Å². The van der Waals surface area contributed by atoms with Crippen LogP contribution < -0.4 is 14.5 Å². The normalized spacial score (nSPS) is 16.4. The zero-order valence-electron chi connectivity index (χ0n) is 26.0. The van der Waals surface area contributed by atoms with Gasteiger partial charge in [-0.25, -0.2) is 0 Å². The Hall–Kier alpha value is -3.14. The van der Waals surface area contributed by atoms with Gasteiger partial charge in [-0.05, 0) is 60.1 Å². The lowest BCUT2D eigenvalue weighted by Gasteiger charge is -2.34. The van der Waals surface area contributed by atoms with Crippen LogP contribution in [-0.2, 0) is 33.9 Å². The largest absolute Gasteiger partial charge is 0.497 e. The van der Waals surface area contributed by atoms with Crippen LogP contribution in [0.2, 0.25) is 0 Å². The van der Waals surface area contributed by atoms with E-state index < -0.39 is 0 Å². The molecule has 0 N–H and O–H groups in total. The molecule has 2 aliphatic heterocycles. The number of hydrogen-bond acceptors (Lipinski definition) is 8. The first-order valence-corrected chi connectivity index (χ1v) is 15.6. The van der Waals surface area contributed by atoms with Crippen molar-refractivity contribution in [3.63, 3.8) is 0 Å². The van der Waals surface area contributed by atoms with Gasteiger partial charge >= 0.3 is 0 Å². The highest BCUT2D eigenvalue weighted by molar-refractivity contribution is 5.53. The minimum atomic E-state index is 0.562. The molecule has 3 aromatic rings. The zero-order valence-corrected chi connectivity index (χ0v) is 26.0. The van der Waals surface area contributed by atoms with E-state index in [0.717, 1.165) is 90.0 Å². The quantitative estimate of drug-likeness (QED) is 0.240. The molecule has 0 unspecified atom stereocenters. The molecule has 0 aliphatic carbocycles. The van der Waals surface area contributed by atoms with Crippen LogP contribution in [0.5, 0.6) is 5.75 Å². The van der Waals surface area contributed by atoms with E-state index in [9.17, 15) is 0 Å². The van der Waals surface area contributed by atoms with Crippen molar-refractivity contribution in [2.24, 2.45) is 0 Å². The van der Waals surface area contributed by atoms with Gasteiger partial charge in [-0.15, -0.1) is 0 Å². The molecule has 0 bridgehead atoms. The number of anilines is 2. The molecule has 3 aromatic carbocycles. The fraction of sp³-hybridized carbons (Fsp3) is 0.486. The molecule has 8 nitrogen and oxygen atoms in total. The molecule has 43 heavy (non-hydrogen) atoms. The second kappa shape index (κ2) is 16.6. The molecule has 2 heterocycles. The second-order valence-electron chi connectivity index (χ2n) is 11.5. The van der Waals surface area contributed by atoms with Crippen LogP contribution in [0.4, 0.5) is 11.4 Å². The van der Waals surface area contributed by atoms with Crippen LogP contribution in [0.3, 0.4) is 0 Å². The maximum atomic E-state index is 6.00. The summed E-state index contributed by atoms with van der Waals surface area (Å²) in [7, 11) is 3.92. The Morgan fingerprint density at radius 3 is 2.21 bits per heavy atom. The zero-order chi connectivity index (χ0) is 29.7. The number of ether oxygens (including phenoxy) is 4. The average molecular weight is 589 g/mol. The lowest BCUT2D eigenvalue weighted by molar-refractivity contribution is 0.00585. The van der Waals surface area contributed by atoms with E-state index in [-0.39, 0.29) is 0 Å². The third-order valence-electron chi connectivity index (χ3n) is 8.23. The summed E-state index contributed by atoms with van der Waals surface area (Å²) in [6.07, 6.45) is 0. The number of likely N-dealkylation sites (N-methyl/N-ethyl adjacent to an activating group) is 1. The van der Waals surface area contributed by atoms with E-state index >= 15 is 0 Å². The van der Waals surface area contributed by atoms with E-state index in [1.54, 1.807) is 7.11 Å². The molecule has 2 saturated heterocycles. The van der Waals surface area contributed by atoms with Crippen LogP contribution in [0.1, 0.15) is 16.7 Å². The SMILES string of the molecule is COc1cccc(CN(Cc2cccc(N3CCN(C)CC3)c2)c2cccc(COCCOCCN3CCOCC3)c2)c1. The third-order valence-corrected chi connectivity index (χ3v) is 8.23. The highest BCUT2D eigenvalue weighted by Crippen LogP contribution is 2.25. The first-order chi connectivity index (χ1) is 21.2. The molecular formula is C35H48N4O4. The number of methoxy groups -OCH3 is 1. The van der Waals surface area contributed by atoms with Gasteiger partial charge in [0.05, 0.1) is 46.8 Å².